The molecule has 1 atom stereocenters. The molecule has 1 unspecified atom stereocenters. The zero-order chi connectivity index (χ0) is 14.4. The summed E-state index contributed by atoms with van der Waals surface area (Å²) >= 11 is 0. The van der Waals surface area contributed by atoms with Crippen molar-refractivity contribution < 1.29 is 9.84 Å². The normalized spacial score (nSPS) is 14.3. The Labute approximate surface area is 119 Å². The molecule has 1 aromatic heterocycles. The van der Waals surface area contributed by atoms with E-state index in [-0.39, 0.29) is 0 Å². The zero-order valence-corrected chi connectivity index (χ0v) is 12.1. The van der Waals surface area contributed by atoms with E-state index < -0.39 is 5.60 Å². The Kier molecular flexibility index (Phi) is 5.06. The molecule has 0 bridgehead atoms. The summed E-state index contributed by atoms with van der Waals surface area (Å²) in [4.78, 5) is 4.34. The van der Waals surface area contributed by atoms with Gasteiger partial charge in [0.05, 0.1) is 17.7 Å². The molecule has 2 rings (SSSR count). The number of pyridine rings is 1. The van der Waals surface area contributed by atoms with Crippen LogP contribution in [0.4, 0.5) is 0 Å². The highest BCUT2D eigenvalue weighted by Gasteiger charge is 2.21. The van der Waals surface area contributed by atoms with Gasteiger partial charge in [0.15, 0.2) is 0 Å². The number of para-hydroxylation sites is 1. The number of hydrogen-bond acceptors (Lipinski definition) is 4. The van der Waals surface area contributed by atoms with Gasteiger partial charge in [0.25, 0.3) is 0 Å². The standard InChI is InChI=1S/C16H22N2O2/c1-16(19,12-17-9-10-20-2)11-13-7-8-18-15-6-4-3-5-14(13)15/h3-8,17,19H,9-12H2,1-2H3. The number of aliphatic hydroxyl groups is 1. The van der Waals surface area contributed by atoms with Crippen LogP contribution >= 0.6 is 0 Å². The fourth-order valence-electron chi connectivity index (χ4n) is 2.31. The van der Waals surface area contributed by atoms with Gasteiger partial charge in [-0.1, -0.05) is 18.2 Å². The van der Waals surface area contributed by atoms with Crippen LogP contribution in [-0.2, 0) is 11.2 Å². The summed E-state index contributed by atoms with van der Waals surface area (Å²) in [5.41, 5.74) is 1.29. The largest absolute Gasteiger partial charge is 0.389 e. The Balaban J connectivity index is 2.07. The Hall–Kier alpha value is -1.49. The fourth-order valence-corrected chi connectivity index (χ4v) is 2.31. The first kappa shape index (κ1) is 14.9. The Morgan fingerprint density at radius 1 is 1.30 bits per heavy atom. The second kappa shape index (κ2) is 6.79. The van der Waals surface area contributed by atoms with Crippen LogP contribution < -0.4 is 5.32 Å². The molecule has 1 heterocycles. The quantitative estimate of drug-likeness (QED) is 0.756. The maximum Gasteiger partial charge on any atom is 0.0783 e. The minimum atomic E-state index is -0.794. The third-order valence-corrected chi connectivity index (χ3v) is 3.30. The van der Waals surface area contributed by atoms with E-state index in [1.54, 1.807) is 13.3 Å². The van der Waals surface area contributed by atoms with Crippen LogP contribution in [0.25, 0.3) is 10.9 Å². The lowest BCUT2D eigenvalue weighted by atomic mass is 9.94. The Bertz CT molecular complexity index is 550. The Morgan fingerprint density at radius 2 is 2.10 bits per heavy atom. The van der Waals surface area contributed by atoms with Crippen molar-refractivity contribution in [2.24, 2.45) is 0 Å². The lowest BCUT2D eigenvalue weighted by Crippen LogP contribution is -2.40. The summed E-state index contributed by atoms with van der Waals surface area (Å²) in [5.74, 6) is 0. The van der Waals surface area contributed by atoms with Gasteiger partial charge in [-0.3, -0.25) is 4.98 Å². The third-order valence-electron chi connectivity index (χ3n) is 3.30. The van der Waals surface area contributed by atoms with Gasteiger partial charge < -0.3 is 15.2 Å². The van der Waals surface area contributed by atoms with Gasteiger partial charge in [-0.05, 0) is 24.6 Å². The number of rotatable bonds is 7. The summed E-state index contributed by atoms with van der Waals surface area (Å²) in [6, 6.07) is 9.99. The predicted molar refractivity (Wildman–Crippen MR) is 80.8 cm³/mol. The van der Waals surface area contributed by atoms with Crippen LogP contribution in [0.2, 0.25) is 0 Å². The number of aromatic nitrogens is 1. The zero-order valence-electron chi connectivity index (χ0n) is 12.1. The number of ether oxygens (including phenoxy) is 1. The molecule has 0 amide bonds. The van der Waals surface area contributed by atoms with Gasteiger partial charge in [0.1, 0.15) is 0 Å². The summed E-state index contributed by atoms with van der Waals surface area (Å²) < 4.78 is 4.98. The van der Waals surface area contributed by atoms with E-state index in [1.165, 1.54) is 0 Å². The van der Waals surface area contributed by atoms with Crippen molar-refractivity contribution in [1.29, 1.82) is 0 Å². The first-order valence-corrected chi connectivity index (χ1v) is 6.87. The van der Waals surface area contributed by atoms with E-state index in [1.807, 2.05) is 37.3 Å². The monoisotopic (exact) mass is 274 g/mol. The molecule has 108 valence electrons. The van der Waals surface area contributed by atoms with E-state index in [2.05, 4.69) is 10.3 Å². The molecule has 20 heavy (non-hydrogen) atoms. The van der Waals surface area contributed by atoms with E-state index in [0.29, 0.717) is 19.6 Å². The summed E-state index contributed by atoms with van der Waals surface area (Å²) in [6.07, 6.45) is 2.39. The first-order valence-electron chi connectivity index (χ1n) is 6.87. The molecule has 0 fully saturated rings. The van der Waals surface area contributed by atoms with E-state index in [0.717, 1.165) is 23.0 Å². The highest BCUT2D eigenvalue weighted by atomic mass is 16.5. The van der Waals surface area contributed by atoms with Crippen LogP contribution in [0.5, 0.6) is 0 Å². The summed E-state index contributed by atoms with van der Waals surface area (Å²) in [5, 5.41) is 14.8. The average Bonchev–Trinajstić information content (AvgIpc) is 2.44. The molecule has 2 aromatic rings. The second-order valence-electron chi connectivity index (χ2n) is 5.33. The maximum atomic E-state index is 10.5. The highest BCUT2D eigenvalue weighted by molar-refractivity contribution is 5.81. The molecule has 0 saturated heterocycles. The SMILES string of the molecule is COCCNCC(C)(O)Cc1ccnc2ccccc12. The molecule has 4 heteroatoms. The molecule has 0 aliphatic carbocycles. The van der Waals surface area contributed by atoms with E-state index in [9.17, 15) is 5.11 Å². The van der Waals surface area contributed by atoms with Crippen molar-refractivity contribution in [1.82, 2.24) is 10.3 Å². The van der Waals surface area contributed by atoms with Crippen molar-refractivity contribution >= 4 is 10.9 Å². The van der Waals surface area contributed by atoms with Crippen LogP contribution in [0, 0.1) is 0 Å². The molecule has 2 N–H and O–H groups in total. The van der Waals surface area contributed by atoms with Gasteiger partial charge in [-0.25, -0.2) is 0 Å². The lowest BCUT2D eigenvalue weighted by Gasteiger charge is -2.24. The third kappa shape index (κ3) is 4.00. The molecule has 0 radical (unpaired) electrons. The molecule has 0 saturated carbocycles. The van der Waals surface area contributed by atoms with E-state index >= 15 is 0 Å². The lowest BCUT2D eigenvalue weighted by molar-refractivity contribution is 0.0584. The number of fused-ring (bicyclic) bond motifs is 1. The van der Waals surface area contributed by atoms with Crippen LogP contribution in [0.15, 0.2) is 36.5 Å². The van der Waals surface area contributed by atoms with Gasteiger partial charge in [0.2, 0.25) is 0 Å². The number of nitrogens with one attached hydrogen (secondary N) is 1. The minimum absolute atomic E-state index is 0.535. The Morgan fingerprint density at radius 3 is 2.90 bits per heavy atom. The van der Waals surface area contributed by atoms with Crippen LogP contribution in [-0.4, -0.2) is 42.5 Å². The maximum absolute atomic E-state index is 10.5. The molecule has 1 aromatic carbocycles. The molecule has 0 aliphatic heterocycles. The molecular formula is C16H22N2O2. The topological polar surface area (TPSA) is 54.4 Å². The predicted octanol–water partition coefficient (Wildman–Crippen LogP) is 1.76. The smallest absolute Gasteiger partial charge is 0.0783 e. The summed E-state index contributed by atoms with van der Waals surface area (Å²) in [6.45, 7) is 3.77. The fraction of sp³-hybridized carbons (Fsp3) is 0.438. The number of benzene rings is 1. The first-order chi connectivity index (χ1) is 9.62. The number of hydrogen-bond donors (Lipinski definition) is 2. The van der Waals surface area contributed by atoms with Crippen molar-refractivity contribution in [2.75, 3.05) is 26.8 Å². The van der Waals surface area contributed by atoms with E-state index in [4.69, 9.17) is 4.74 Å². The number of methoxy groups -OCH3 is 1. The molecular weight excluding hydrogens is 252 g/mol. The van der Waals surface area contributed by atoms with Crippen molar-refractivity contribution in [3.05, 3.63) is 42.1 Å². The van der Waals surface area contributed by atoms with Crippen LogP contribution in [0.3, 0.4) is 0 Å². The molecule has 0 spiro atoms. The van der Waals surface area contributed by atoms with Gasteiger partial charge in [0, 0.05) is 38.2 Å². The van der Waals surface area contributed by atoms with Crippen molar-refractivity contribution in [3.8, 4) is 0 Å². The second-order valence-corrected chi connectivity index (χ2v) is 5.33. The van der Waals surface area contributed by atoms with Crippen LogP contribution in [0.1, 0.15) is 12.5 Å². The van der Waals surface area contributed by atoms with Crippen molar-refractivity contribution in [3.63, 3.8) is 0 Å². The van der Waals surface area contributed by atoms with Crippen molar-refractivity contribution in [2.45, 2.75) is 18.9 Å². The average molecular weight is 274 g/mol. The van der Waals surface area contributed by atoms with Gasteiger partial charge in [-0.2, -0.15) is 0 Å². The molecule has 0 aliphatic rings. The minimum Gasteiger partial charge on any atom is -0.389 e. The molecule has 4 nitrogen and oxygen atoms in total. The van der Waals surface area contributed by atoms with Gasteiger partial charge in [-0.15, -0.1) is 0 Å². The summed E-state index contributed by atoms with van der Waals surface area (Å²) in [7, 11) is 1.67. The number of nitrogens with zero attached hydrogens (tertiary/aromatic N) is 1. The van der Waals surface area contributed by atoms with Gasteiger partial charge >= 0.3 is 0 Å². The highest BCUT2D eigenvalue weighted by Crippen LogP contribution is 2.20.